The standard InChI is InChI=1S/C25H27NO3S/c1-17-23(10-9-21(24(17)28)22(27)15-25(2,3)4)29-16-18-5-7-19(8-6-18)30-20-11-13-26-14-12-20/h5-14,28H,15-16H2,1-4H3. The number of nitrogens with zero attached hydrogens (tertiary/aromatic N) is 1. The first-order valence-corrected chi connectivity index (χ1v) is 10.7. The van der Waals surface area contributed by atoms with Gasteiger partial charge in [-0.25, -0.2) is 0 Å². The maximum absolute atomic E-state index is 12.5. The number of aromatic hydroxyl groups is 1. The molecule has 0 aliphatic rings. The van der Waals surface area contributed by atoms with E-state index in [0.717, 1.165) is 15.4 Å². The van der Waals surface area contributed by atoms with E-state index in [-0.39, 0.29) is 16.9 Å². The van der Waals surface area contributed by atoms with Crippen LogP contribution in [-0.2, 0) is 6.61 Å². The summed E-state index contributed by atoms with van der Waals surface area (Å²) in [6, 6.07) is 15.5. The molecule has 3 rings (SSSR count). The Hall–Kier alpha value is -2.79. The molecule has 0 amide bonds. The van der Waals surface area contributed by atoms with Crippen LogP contribution in [0.5, 0.6) is 11.5 Å². The largest absolute Gasteiger partial charge is 0.507 e. The van der Waals surface area contributed by atoms with Crippen LogP contribution in [0.2, 0.25) is 0 Å². The first-order valence-electron chi connectivity index (χ1n) is 9.88. The first kappa shape index (κ1) is 21.9. The molecule has 156 valence electrons. The van der Waals surface area contributed by atoms with E-state index < -0.39 is 0 Å². The number of ether oxygens (including phenoxy) is 1. The number of benzene rings is 2. The van der Waals surface area contributed by atoms with Crippen LogP contribution in [0.25, 0.3) is 0 Å². The van der Waals surface area contributed by atoms with Crippen LogP contribution in [0.15, 0.2) is 70.7 Å². The summed E-state index contributed by atoms with van der Waals surface area (Å²) in [5, 5.41) is 10.5. The molecule has 1 heterocycles. The van der Waals surface area contributed by atoms with Gasteiger partial charge in [0.15, 0.2) is 5.78 Å². The van der Waals surface area contributed by atoms with Crippen LogP contribution in [0.4, 0.5) is 0 Å². The Bertz CT molecular complexity index is 1010. The maximum Gasteiger partial charge on any atom is 0.167 e. The zero-order chi connectivity index (χ0) is 21.7. The van der Waals surface area contributed by atoms with E-state index >= 15 is 0 Å². The van der Waals surface area contributed by atoms with Gasteiger partial charge in [-0.05, 0) is 54.3 Å². The second-order valence-corrected chi connectivity index (χ2v) is 9.61. The highest BCUT2D eigenvalue weighted by Crippen LogP contribution is 2.34. The van der Waals surface area contributed by atoms with Crippen molar-refractivity contribution in [2.45, 2.75) is 50.5 Å². The predicted molar refractivity (Wildman–Crippen MR) is 120 cm³/mol. The molecule has 30 heavy (non-hydrogen) atoms. The average Bonchev–Trinajstić information content (AvgIpc) is 2.69. The Kier molecular flexibility index (Phi) is 6.83. The molecule has 2 aromatic carbocycles. The minimum Gasteiger partial charge on any atom is -0.507 e. The van der Waals surface area contributed by atoms with Gasteiger partial charge in [0.25, 0.3) is 0 Å². The van der Waals surface area contributed by atoms with Crippen LogP contribution in [0.3, 0.4) is 0 Å². The number of aromatic nitrogens is 1. The fourth-order valence-corrected chi connectivity index (χ4v) is 3.80. The van der Waals surface area contributed by atoms with E-state index in [1.165, 1.54) is 0 Å². The van der Waals surface area contributed by atoms with Crippen molar-refractivity contribution in [3.63, 3.8) is 0 Å². The molecule has 0 saturated heterocycles. The summed E-state index contributed by atoms with van der Waals surface area (Å²) in [6.45, 7) is 8.18. The normalized spacial score (nSPS) is 11.3. The lowest BCUT2D eigenvalue weighted by atomic mass is 9.87. The number of pyridine rings is 1. The second-order valence-electron chi connectivity index (χ2n) is 8.46. The Morgan fingerprint density at radius 3 is 2.27 bits per heavy atom. The van der Waals surface area contributed by atoms with Gasteiger partial charge in [0.05, 0.1) is 5.56 Å². The number of carbonyl (C=O) groups is 1. The highest BCUT2D eigenvalue weighted by molar-refractivity contribution is 7.99. The van der Waals surface area contributed by atoms with E-state index in [1.807, 2.05) is 45.0 Å². The molecule has 0 unspecified atom stereocenters. The Morgan fingerprint density at radius 1 is 1.00 bits per heavy atom. The van der Waals surface area contributed by atoms with Crippen molar-refractivity contribution in [2.75, 3.05) is 0 Å². The monoisotopic (exact) mass is 421 g/mol. The number of hydrogen-bond donors (Lipinski definition) is 1. The summed E-state index contributed by atoms with van der Waals surface area (Å²) in [7, 11) is 0. The van der Waals surface area contributed by atoms with Crippen LogP contribution < -0.4 is 4.74 Å². The van der Waals surface area contributed by atoms with Gasteiger partial charge in [0, 0.05) is 34.2 Å². The van der Waals surface area contributed by atoms with Crippen molar-refractivity contribution in [3.8, 4) is 11.5 Å². The van der Waals surface area contributed by atoms with Gasteiger partial charge >= 0.3 is 0 Å². The van der Waals surface area contributed by atoms with Gasteiger partial charge in [0.2, 0.25) is 0 Å². The lowest BCUT2D eigenvalue weighted by Crippen LogP contribution is -2.13. The van der Waals surface area contributed by atoms with Crippen molar-refractivity contribution in [2.24, 2.45) is 5.41 Å². The second kappa shape index (κ2) is 9.35. The molecule has 0 aliphatic heterocycles. The van der Waals surface area contributed by atoms with E-state index in [0.29, 0.717) is 29.9 Å². The van der Waals surface area contributed by atoms with E-state index in [4.69, 9.17) is 4.74 Å². The van der Waals surface area contributed by atoms with Crippen LogP contribution >= 0.6 is 11.8 Å². The minimum absolute atomic E-state index is 0.00542. The molecule has 0 spiro atoms. The summed E-state index contributed by atoms with van der Waals surface area (Å²) in [5.41, 5.74) is 1.83. The third-order valence-corrected chi connectivity index (χ3v) is 5.59. The summed E-state index contributed by atoms with van der Waals surface area (Å²) >= 11 is 1.68. The number of phenolic OH excluding ortho intramolecular Hbond substituents is 1. The third-order valence-electron chi connectivity index (χ3n) is 4.58. The van der Waals surface area contributed by atoms with Gasteiger partial charge < -0.3 is 9.84 Å². The molecule has 0 fully saturated rings. The molecule has 4 nitrogen and oxygen atoms in total. The molecular weight excluding hydrogens is 394 g/mol. The fraction of sp³-hybridized carbons (Fsp3) is 0.280. The van der Waals surface area contributed by atoms with E-state index in [1.54, 1.807) is 43.2 Å². The minimum atomic E-state index is -0.131. The number of Topliss-reactive ketones (excluding diaryl/α,β-unsaturated/α-hetero) is 1. The number of phenols is 1. The quantitative estimate of drug-likeness (QED) is 0.445. The molecule has 0 bridgehead atoms. The molecule has 0 radical (unpaired) electrons. The summed E-state index contributed by atoms with van der Waals surface area (Å²) in [6.07, 6.45) is 3.94. The van der Waals surface area contributed by atoms with Crippen molar-refractivity contribution >= 4 is 17.5 Å². The molecule has 5 heteroatoms. The lowest BCUT2D eigenvalue weighted by Gasteiger charge is -2.18. The molecular formula is C25H27NO3S. The van der Waals surface area contributed by atoms with Gasteiger partial charge in [-0.2, -0.15) is 0 Å². The number of hydrogen-bond acceptors (Lipinski definition) is 5. The number of rotatable bonds is 7. The Morgan fingerprint density at radius 2 is 1.63 bits per heavy atom. The average molecular weight is 422 g/mol. The fourth-order valence-electron chi connectivity index (χ4n) is 3.00. The molecule has 3 aromatic rings. The summed E-state index contributed by atoms with van der Waals surface area (Å²) < 4.78 is 5.91. The highest BCUT2D eigenvalue weighted by atomic mass is 32.2. The van der Waals surface area contributed by atoms with Crippen LogP contribution in [-0.4, -0.2) is 15.9 Å². The molecule has 0 saturated carbocycles. The van der Waals surface area contributed by atoms with Crippen molar-refractivity contribution < 1.29 is 14.6 Å². The van der Waals surface area contributed by atoms with E-state index in [2.05, 4.69) is 17.1 Å². The highest BCUT2D eigenvalue weighted by Gasteiger charge is 2.21. The van der Waals surface area contributed by atoms with Gasteiger partial charge in [0.1, 0.15) is 18.1 Å². The van der Waals surface area contributed by atoms with Gasteiger partial charge in [-0.1, -0.05) is 44.7 Å². The maximum atomic E-state index is 12.5. The Balaban J connectivity index is 1.64. The van der Waals surface area contributed by atoms with Gasteiger partial charge in [-0.3, -0.25) is 9.78 Å². The molecule has 0 atom stereocenters. The molecule has 0 aliphatic carbocycles. The van der Waals surface area contributed by atoms with Crippen LogP contribution in [0.1, 0.15) is 48.7 Å². The summed E-state index contributed by atoms with van der Waals surface area (Å²) in [4.78, 5) is 18.8. The first-order chi connectivity index (χ1) is 14.2. The smallest absolute Gasteiger partial charge is 0.167 e. The zero-order valence-corrected chi connectivity index (χ0v) is 18.6. The van der Waals surface area contributed by atoms with Crippen LogP contribution in [0, 0.1) is 12.3 Å². The van der Waals surface area contributed by atoms with Crippen molar-refractivity contribution in [1.82, 2.24) is 4.98 Å². The third kappa shape index (κ3) is 5.86. The van der Waals surface area contributed by atoms with Crippen molar-refractivity contribution in [3.05, 3.63) is 77.6 Å². The predicted octanol–water partition coefficient (Wildman–Crippen LogP) is 6.44. The SMILES string of the molecule is Cc1c(OCc2ccc(Sc3ccncc3)cc2)ccc(C(=O)CC(C)(C)C)c1O. The topological polar surface area (TPSA) is 59.4 Å². The zero-order valence-electron chi connectivity index (χ0n) is 17.8. The Labute approximate surface area is 182 Å². The molecule has 1 aromatic heterocycles. The number of ketones is 1. The number of carbonyl (C=O) groups excluding carboxylic acids is 1. The summed E-state index contributed by atoms with van der Waals surface area (Å²) in [5.74, 6) is 0.526. The van der Waals surface area contributed by atoms with Crippen molar-refractivity contribution in [1.29, 1.82) is 0 Å². The molecule has 1 N–H and O–H groups in total. The van der Waals surface area contributed by atoms with E-state index in [9.17, 15) is 9.90 Å². The lowest BCUT2D eigenvalue weighted by molar-refractivity contribution is 0.0937. The van der Waals surface area contributed by atoms with Gasteiger partial charge in [-0.15, -0.1) is 0 Å².